The Bertz CT molecular complexity index is 1240. The van der Waals surface area contributed by atoms with Gasteiger partial charge in [-0.2, -0.15) is 0 Å². The molecule has 0 amide bonds. The third-order valence-electron chi connectivity index (χ3n) is 4.66. The van der Waals surface area contributed by atoms with E-state index in [-0.39, 0.29) is 5.69 Å². The lowest BCUT2D eigenvalue weighted by Crippen LogP contribution is -1.99. The summed E-state index contributed by atoms with van der Waals surface area (Å²) < 4.78 is 6.39. The van der Waals surface area contributed by atoms with E-state index in [0.29, 0.717) is 17.3 Å². The molecule has 0 unspecified atom stereocenters. The Morgan fingerprint density at radius 1 is 1.20 bits per heavy atom. The first-order valence-corrected chi connectivity index (χ1v) is 10.7. The van der Waals surface area contributed by atoms with Gasteiger partial charge in [-0.15, -0.1) is 11.3 Å². The SMILES string of the molecule is CCc1sc2ncnc(Nc3cc([N+](=O)[O-])ccc3OC)c2c1-c1ccc(Br)cc1. The van der Waals surface area contributed by atoms with Gasteiger partial charge in [0.15, 0.2) is 0 Å². The summed E-state index contributed by atoms with van der Waals surface area (Å²) in [7, 11) is 1.52. The highest BCUT2D eigenvalue weighted by Crippen LogP contribution is 2.43. The summed E-state index contributed by atoms with van der Waals surface area (Å²) in [6, 6.07) is 12.5. The molecule has 2 aromatic carbocycles. The molecule has 0 radical (unpaired) electrons. The number of fused-ring (bicyclic) bond motifs is 1. The number of nitro groups is 1. The van der Waals surface area contributed by atoms with E-state index in [1.54, 1.807) is 17.4 Å². The third kappa shape index (κ3) is 3.73. The standard InChI is InChI=1S/C21H17BrN4O3S/c1-3-17-18(12-4-6-13(22)7-5-12)19-20(23-11-24-21(19)30-17)25-15-10-14(26(27)28)8-9-16(15)29-2/h4-11H,3H2,1-2H3,(H,23,24,25). The Morgan fingerprint density at radius 3 is 2.63 bits per heavy atom. The van der Waals surface area contributed by atoms with Crippen LogP contribution in [0.4, 0.5) is 17.2 Å². The van der Waals surface area contributed by atoms with Crippen LogP contribution in [0, 0.1) is 10.1 Å². The number of thiophene rings is 1. The highest BCUT2D eigenvalue weighted by molar-refractivity contribution is 9.10. The van der Waals surface area contributed by atoms with Gasteiger partial charge >= 0.3 is 0 Å². The fourth-order valence-corrected chi connectivity index (χ4v) is 4.64. The zero-order valence-electron chi connectivity index (χ0n) is 16.2. The molecule has 30 heavy (non-hydrogen) atoms. The van der Waals surface area contributed by atoms with Crippen molar-refractivity contribution in [3.05, 3.63) is 68.3 Å². The molecule has 4 rings (SSSR count). The van der Waals surface area contributed by atoms with Crippen molar-refractivity contribution < 1.29 is 9.66 Å². The molecule has 0 aliphatic heterocycles. The lowest BCUT2D eigenvalue weighted by atomic mass is 10.0. The van der Waals surface area contributed by atoms with Crippen molar-refractivity contribution in [3.63, 3.8) is 0 Å². The Balaban J connectivity index is 1.91. The normalized spacial score (nSPS) is 10.9. The molecule has 152 valence electrons. The molecule has 1 N–H and O–H groups in total. The number of aryl methyl sites for hydroxylation is 1. The molecule has 0 fully saturated rings. The predicted octanol–water partition coefficient (Wildman–Crippen LogP) is 6.34. The topological polar surface area (TPSA) is 90.2 Å². The molecule has 2 aromatic heterocycles. The van der Waals surface area contributed by atoms with E-state index in [2.05, 4.69) is 50.3 Å². The first kappa shape index (κ1) is 20.2. The third-order valence-corrected chi connectivity index (χ3v) is 6.43. The minimum Gasteiger partial charge on any atom is -0.495 e. The number of nitrogens with zero attached hydrogens (tertiary/aromatic N) is 3. The smallest absolute Gasteiger partial charge is 0.271 e. The van der Waals surface area contributed by atoms with E-state index < -0.39 is 4.92 Å². The van der Waals surface area contributed by atoms with Crippen molar-refractivity contribution in [3.8, 4) is 16.9 Å². The number of ether oxygens (including phenoxy) is 1. The number of anilines is 2. The molecule has 9 heteroatoms. The summed E-state index contributed by atoms with van der Waals surface area (Å²) >= 11 is 5.11. The number of hydrogen-bond acceptors (Lipinski definition) is 7. The van der Waals surface area contributed by atoms with E-state index in [4.69, 9.17) is 4.74 Å². The van der Waals surface area contributed by atoms with Crippen LogP contribution in [0.1, 0.15) is 11.8 Å². The summed E-state index contributed by atoms with van der Waals surface area (Å²) in [6.07, 6.45) is 2.35. The zero-order chi connectivity index (χ0) is 21.3. The van der Waals surface area contributed by atoms with E-state index >= 15 is 0 Å². The second kappa shape index (κ2) is 8.37. The van der Waals surface area contributed by atoms with Gasteiger partial charge in [-0.1, -0.05) is 35.0 Å². The van der Waals surface area contributed by atoms with Gasteiger partial charge in [0.25, 0.3) is 5.69 Å². The van der Waals surface area contributed by atoms with Crippen molar-refractivity contribution in [2.45, 2.75) is 13.3 Å². The van der Waals surface area contributed by atoms with Crippen molar-refractivity contribution >= 4 is 54.7 Å². The van der Waals surface area contributed by atoms with Gasteiger partial charge in [0.1, 0.15) is 22.7 Å². The Kier molecular flexibility index (Phi) is 5.65. The number of rotatable bonds is 6. The van der Waals surface area contributed by atoms with E-state index in [9.17, 15) is 10.1 Å². The molecule has 0 aliphatic rings. The molecular weight excluding hydrogens is 468 g/mol. The van der Waals surface area contributed by atoms with E-state index in [1.165, 1.54) is 30.4 Å². The number of nitrogens with one attached hydrogen (secondary N) is 1. The summed E-state index contributed by atoms with van der Waals surface area (Å²) in [6.45, 7) is 2.11. The zero-order valence-corrected chi connectivity index (χ0v) is 18.6. The molecule has 0 aliphatic carbocycles. The van der Waals surface area contributed by atoms with Gasteiger partial charge < -0.3 is 10.1 Å². The Morgan fingerprint density at radius 2 is 1.97 bits per heavy atom. The summed E-state index contributed by atoms with van der Waals surface area (Å²) in [5.74, 6) is 1.07. The van der Waals surface area contributed by atoms with Crippen LogP contribution >= 0.6 is 27.3 Å². The number of hydrogen-bond donors (Lipinski definition) is 1. The van der Waals surface area contributed by atoms with Crippen LogP contribution in [-0.2, 0) is 6.42 Å². The quantitative estimate of drug-likeness (QED) is 0.253. The summed E-state index contributed by atoms with van der Waals surface area (Å²) in [5.41, 5.74) is 2.57. The van der Waals surface area contributed by atoms with Crippen LogP contribution in [0.2, 0.25) is 0 Å². The van der Waals surface area contributed by atoms with Crippen LogP contribution < -0.4 is 10.1 Å². The minimum absolute atomic E-state index is 0.0312. The summed E-state index contributed by atoms with van der Waals surface area (Å²) in [5, 5.41) is 15.4. The maximum Gasteiger partial charge on any atom is 0.271 e. The second-order valence-electron chi connectivity index (χ2n) is 6.43. The lowest BCUT2D eigenvalue weighted by molar-refractivity contribution is -0.384. The average Bonchev–Trinajstić information content (AvgIpc) is 3.14. The fourth-order valence-electron chi connectivity index (χ4n) is 3.28. The van der Waals surface area contributed by atoms with Crippen LogP contribution in [0.5, 0.6) is 5.75 Å². The monoisotopic (exact) mass is 484 g/mol. The maximum absolute atomic E-state index is 11.2. The average molecular weight is 485 g/mol. The lowest BCUT2D eigenvalue weighted by Gasteiger charge is -2.12. The first-order chi connectivity index (χ1) is 14.5. The van der Waals surface area contributed by atoms with Crippen molar-refractivity contribution in [1.82, 2.24) is 9.97 Å². The fraction of sp³-hybridized carbons (Fsp3) is 0.143. The largest absolute Gasteiger partial charge is 0.495 e. The number of methoxy groups -OCH3 is 1. The predicted molar refractivity (Wildman–Crippen MR) is 123 cm³/mol. The van der Waals surface area contributed by atoms with E-state index in [1.807, 2.05) is 12.1 Å². The highest BCUT2D eigenvalue weighted by atomic mass is 79.9. The van der Waals surface area contributed by atoms with Gasteiger partial charge in [0, 0.05) is 27.0 Å². The highest BCUT2D eigenvalue weighted by Gasteiger charge is 2.20. The molecule has 0 bridgehead atoms. The number of benzene rings is 2. The molecule has 0 spiro atoms. The van der Waals surface area contributed by atoms with Crippen LogP contribution in [0.3, 0.4) is 0 Å². The van der Waals surface area contributed by atoms with Crippen molar-refractivity contribution in [2.75, 3.05) is 12.4 Å². The minimum atomic E-state index is -0.437. The molecule has 0 saturated carbocycles. The van der Waals surface area contributed by atoms with Gasteiger partial charge in [-0.25, -0.2) is 9.97 Å². The Labute approximate surface area is 185 Å². The first-order valence-electron chi connectivity index (χ1n) is 9.13. The van der Waals surface area contributed by atoms with Gasteiger partial charge in [0.2, 0.25) is 0 Å². The van der Waals surface area contributed by atoms with E-state index in [0.717, 1.165) is 32.2 Å². The van der Waals surface area contributed by atoms with Crippen LogP contribution in [0.15, 0.2) is 53.3 Å². The Hall–Kier alpha value is -3.04. The molecular formula is C21H17BrN4O3S. The van der Waals surface area contributed by atoms with Crippen molar-refractivity contribution in [2.24, 2.45) is 0 Å². The number of nitro benzene ring substituents is 1. The van der Waals surface area contributed by atoms with Gasteiger partial charge in [-0.3, -0.25) is 10.1 Å². The molecule has 0 atom stereocenters. The van der Waals surface area contributed by atoms with Crippen LogP contribution in [-0.4, -0.2) is 22.0 Å². The molecule has 0 saturated heterocycles. The number of halogens is 1. The van der Waals surface area contributed by atoms with Gasteiger partial charge in [0.05, 0.1) is 23.1 Å². The van der Waals surface area contributed by atoms with Gasteiger partial charge in [-0.05, 0) is 30.2 Å². The summed E-state index contributed by atoms with van der Waals surface area (Å²) in [4.78, 5) is 21.8. The molecule has 4 aromatic rings. The van der Waals surface area contributed by atoms with Crippen LogP contribution in [0.25, 0.3) is 21.3 Å². The van der Waals surface area contributed by atoms with Crippen molar-refractivity contribution in [1.29, 1.82) is 0 Å². The maximum atomic E-state index is 11.2. The molecule has 7 nitrogen and oxygen atoms in total. The second-order valence-corrected chi connectivity index (χ2v) is 8.43. The number of aromatic nitrogens is 2. The molecule has 2 heterocycles. The number of non-ortho nitro benzene ring substituents is 1.